The maximum absolute atomic E-state index is 5.40. The molecule has 1 aliphatic heterocycles. The highest BCUT2D eigenvalue weighted by Gasteiger charge is 2.14. The highest BCUT2D eigenvalue weighted by atomic mass is 16.5. The molecule has 3 rings (SSSR count). The molecule has 0 spiro atoms. The molecule has 0 N–H and O–H groups in total. The Kier molecular flexibility index (Phi) is 3.33. The molecular formula is C15H20N2O. The third-order valence-electron chi connectivity index (χ3n) is 3.93. The Balaban J connectivity index is 1.74. The van der Waals surface area contributed by atoms with Gasteiger partial charge < -0.3 is 4.74 Å². The van der Waals surface area contributed by atoms with Gasteiger partial charge in [-0.15, -0.1) is 0 Å². The number of ether oxygens (including phenoxy) is 1. The number of para-hydroxylation sites is 1. The minimum atomic E-state index is 0.807. The molecule has 0 aliphatic carbocycles. The predicted octanol–water partition coefficient (Wildman–Crippen LogP) is 3.16. The summed E-state index contributed by atoms with van der Waals surface area (Å²) < 4.78 is 7.57. The first kappa shape index (κ1) is 11.7. The maximum Gasteiger partial charge on any atom is 0.0685 e. The quantitative estimate of drug-likeness (QED) is 0.829. The van der Waals surface area contributed by atoms with Crippen LogP contribution in [-0.4, -0.2) is 23.0 Å². The molecule has 2 heterocycles. The molecule has 0 bridgehead atoms. The van der Waals surface area contributed by atoms with Crippen molar-refractivity contribution in [1.29, 1.82) is 0 Å². The summed E-state index contributed by atoms with van der Waals surface area (Å²) in [5, 5.41) is 5.94. The molecule has 3 heteroatoms. The van der Waals surface area contributed by atoms with Gasteiger partial charge in [0, 0.05) is 25.1 Å². The van der Waals surface area contributed by atoms with Crippen molar-refractivity contribution >= 4 is 10.9 Å². The summed E-state index contributed by atoms with van der Waals surface area (Å²) in [5.41, 5.74) is 2.40. The molecule has 2 aromatic rings. The van der Waals surface area contributed by atoms with Gasteiger partial charge in [0.1, 0.15) is 0 Å². The minimum Gasteiger partial charge on any atom is -0.381 e. The summed E-state index contributed by atoms with van der Waals surface area (Å²) in [6, 6.07) is 8.50. The van der Waals surface area contributed by atoms with E-state index in [0.717, 1.165) is 31.4 Å². The fourth-order valence-electron chi connectivity index (χ4n) is 2.80. The zero-order valence-electron chi connectivity index (χ0n) is 10.9. The molecule has 18 heavy (non-hydrogen) atoms. The van der Waals surface area contributed by atoms with Gasteiger partial charge in [-0.1, -0.05) is 18.2 Å². The van der Waals surface area contributed by atoms with Crippen molar-refractivity contribution in [3.8, 4) is 0 Å². The van der Waals surface area contributed by atoms with Gasteiger partial charge in [-0.3, -0.25) is 4.68 Å². The van der Waals surface area contributed by atoms with E-state index in [0.29, 0.717) is 0 Å². The summed E-state index contributed by atoms with van der Waals surface area (Å²) in [5.74, 6) is 0.807. The first-order valence-electron chi connectivity index (χ1n) is 6.84. The van der Waals surface area contributed by atoms with Crippen LogP contribution in [0.1, 0.15) is 25.0 Å². The number of benzene rings is 1. The zero-order chi connectivity index (χ0) is 12.4. The van der Waals surface area contributed by atoms with Gasteiger partial charge in [0.2, 0.25) is 0 Å². The van der Waals surface area contributed by atoms with Crippen LogP contribution in [0.25, 0.3) is 10.9 Å². The van der Waals surface area contributed by atoms with Gasteiger partial charge in [-0.2, -0.15) is 5.10 Å². The van der Waals surface area contributed by atoms with Crippen LogP contribution in [0.3, 0.4) is 0 Å². The van der Waals surface area contributed by atoms with E-state index in [-0.39, 0.29) is 0 Å². The van der Waals surface area contributed by atoms with Crippen molar-refractivity contribution in [2.24, 2.45) is 5.92 Å². The Bertz CT molecular complexity index is 526. The van der Waals surface area contributed by atoms with E-state index in [9.17, 15) is 0 Å². The maximum atomic E-state index is 5.40. The number of fused-ring (bicyclic) bond motifs is 1. The second-order valence-corrected chi connectivity index (χ2v) is 5.17. The third-order valence-corrected chi connectivity index (χ3v) is 3.93. The molecular weight excluding hydrogens is 224 g/mol. The largest absolute Gasteiger partial charge is 0.381 e. The Hall–Kier alpha value is -1.35. The lowest BCUT2D eigenvalue weighted by atomic mass is 9.97. The van der Waals surface area contributed by atoms with Gasteiger partial charge in [0.25, 0.3) is 0 Å². The number of nitrogens with zero attached hydrogens (tertiary/aromatic N) is 2. The van der Waals surface area contributed by atoms with E-state index in [2.05, 4.69) is 41.0 Å². The summed E-state index contributed by atoms with van der Waals surface area (Å²) in [4.78, 5) is 0. The first-order valence-corrected chi connectivity index (χ1v) is 6.84. The average Bonchev–Trinajstić information content (AvgIpc) is 2.75. The predicted molar refractivity (Wildman–Crippen MR) is 72.6 cm³/mol. The molecule has 3 nitrogen and oxygen atoms in total. The lowest BCUT2D eigenvalue weighted by molar-refractivity contribution is 0.0624. The fraction of sp³-hybridized carbons (Fsp3) is 0.533. The van der Waals surface area contributed by atoms with Crippen LogP contribution in [0.4, 0.5) is 0 Å². The number of hydrogen-bond acceptors (Lipinski definition) is 2. The van der Waals surface area contributed by atoms with Gasteiger partial charge in [0.15, 0.2) is 0 Å². The molecule has 0 radical (unpaired) electrons. The first-order chi connectivity index (χ1) is 8.84. The lowest BCUT2D eigenvalue weighted by Gasteiger charge is -2.21. The Labute approximate surface area is 108 Å². The molecule has 1 fully saturated rings. The Morgan fingerprint density at radius 1 is 1.28 bits per heavy atom. The van der Waals surface area contributed by atoms with E-state index >= 15 is 0 Å². The fourth-order valence-corrected chi connectivity index (χ4v) is 2.80. The smallest absolute Gasteiger partial charge is 0.0685 e. The number of aryl methyl sites for hydroxylation is 2. The average molecular weight is 244 g/mol. The van der Waals surface area contributed by atoms with Crippen molar-refractivity contribution in [2.45, 2.75) is 32.7 Å². The second-order valence-electron chi connectivity index (χ2n) is 5.17. The van der Waals surface area contributed by atoms with Crippen LogP contribution in [0, 0.1) is 12.8 Å². The number of rotatable bonds is 3. The highest BCUT2D eigenvalue weighted by Crippen LogP contribution is 2.22. The molecule has 1 saturated heterocycles. The van der Waals surface area contributed by atoms with Crippen molar-refractivity contribution in [3.05, 3.63) is 30.0 Å². The van der Waals surface area contributed by atoms with E-state index in [1.165, 1.54) is 30.2 Å². The van der Waals surface area contributed by atoms with E-state index < -0.39 is 0 Å². The molecule has 0 amide bonds. The van der Waals surface area contributed by atoms with Gasteiger partial charge in [-0.25, -0.2) is 0 Å². The molecule has 1 aromatic carbocycles. The standard InChI is InChI=1S/C15H20N2O/c1-12-14-4-2-3-5-15(14)17(16-12)9-6-13-7-10-18-11-8-13/h2-5,13H,6-11H2,1H3. The van der Waals surface area contributed by atoms with E-state index in [1.807, 2.05) is 0 Å². The van der Waals surface area contributed by atoms with E-state index in [4.69, 9.17) is 4.74 Å². The summed E-state index contributed by atoms with van der Waals surface area (Å²) >= 11 is 0. The van der Waals surface area contributed by atoms with Crippen LogP contribution in [0.2, 0.25) is 0 Å². The topological polar surface area (TPSA) is 27.1 Å². The molecule has 1 aromatic heterocycles. The van der Waals surface area contributed by atoms with Crippen molar-refractivity contribution < 1.29 is 4.74 Å². The van der Waals surface area contributed by atoms with Crippen LogP contribution in [0.15, 0.2) is 24.3 Å². The molecule has 0 saturated carbocycles. The number of hydrogen-bond donors (Lipinski definition) is 0. The van der Waals surface area contributed by atoms with Crippen LogP contribution >= 0.6 is 0 Å². The number of aromatic nitrogens is 2. The monoisotopic (exact) mass is 244 g/mol. The van der Waals surface area contributed by atoms with Crippen LogP contribution in [0.5, 0.6) is 0 Å². The summed E-state index contributed by atoms with van der Waals surface area (Å²) in [7, 11) is 0. The second kappa shape index (κ2) is 5.11. The SMILES string of the molecule is Cc1nn(CCC2CCOCC2)c2ccccc12. The van der Waals surface area contributed by atoms with Gasteiger partial charge in [-0.05, 0) is 38.2 Å². The van der Waals surface area contributed by atoms with Gasteiger partial charge >= 0.3 is 0 Å². The normalized spacial score (nSPS) is 17.4. The molecule has 1 aliphatic rings. The molecule has 96 valence electrons. The third kappa shape index (κ3) is 2.27. The highest BCUT2D eigenvalue weighted by molar-refractivity contribution is 5.81. The Morgan fingerprint density at radius 3 is 2.89 bits per heavy atom. The van der Waals surface area contributed by atoms with E-state index in [1.54, 1.807) is 0 Å². The van der Waals surface area contributed by atoms with Crippen molar-refractivity contribution in [2.75, 3.05) is 13.2 Å². The molecule has 0 unspecified atom stereocenters. The zero-order valence-corrected chi connectivity index (χ0v) is 10.9. The van der Waals surface area contributed by atoms with Gasteiger partial charge in [0.05, 0.1) is 11.2 Å². The van der Waals surface area contributed by atoms with Crippen LogP contribution < -0.4 is 0 Å². The summed E-state index contributed by atoms with van der Waals surface area (Å²) in [6.45, 7) is 4.99. The van der Waals surface area contributed by atoms with Crippen molar-refractivity contribution in [1.82, 2.24) is 9.78 Å². The van der Waals surface area contributed by atoms with Crippen molar-refractivity contribution in [3.63, 3.8) is 0 Å². The minimum absolute atomic E-state index is 0.807. The Morgan fingerprint density at radius 2 is 2.06 bits per heavy atom. The lowest BCUT2D eigenvalue weighted by Crippen LogP contribution is -2.17. The van der Waals surface area contributed by atoms with Crippen LogP contribution in [-0.2, 0) is 11.3 Å². The summed E-state index contributed by atoms with van der Waals surface area (Å²) in [6.07, 6.45) is 3.63. The molecule has 0 atom stereocenters.